The minimum Gasteiger partial charge on any atom is -0.378 e. The van der Waals surface area contributed by atoms with Crippen molar-refractivity contribution >= 4 is 11.5 Å². The van der Waals surface area contributed by atoms with Crippen molar-refractivity contribution in [2.75, 3.05) is 31.2 Å². The first-order valence-corrected chi connectivity index (χ1v) is 8.31. The number of nitrogens with zero attached hydrogens (tertiary/aromatic N) is 1. The number of hydrogen-bond acceptors (Lipinski definition) is 3. The molecule has 0 amide bonds. The minimum absolute atomic E-state index is 0.255. The quantitative estimate of drug-likeness (QED) is 0.765. The number of carbonyl (C=O) groups excluding carboxylic acids is 1. The maximum Gasteiger partial charge on any atom is 0.163 e. The summed E-state index contributed by atoms with van der Waals surface area (Å²) in [5.74, 6) is 0.677. The summed E-state index contributed by atoms with van der Waals surface area (Å²) in [6.07, 6.45) is 1.71. The zero-order valence-corrected chi connectivity index (χ0v) is 14.4. The Labute approximate surface area is 134 Å². The van der Waals surface area contributed by atoms with Crippen molar-refractivity contribution in [3.63, 3.8) is 0 Å². The Balaban J connectivity index is 1.93. The van der Waals surface area contributed by atoms with Gasteiger partial charge in [-0.25, -0.2) is 0 Å². The van der Waals surface area contributed by atoms with Crippen molar-refractivity contribution in [3.05, 3.63) is 29.8 Å². The molecule has 22 heavy (non-hydrogen) atoms. The average Bonchev–Trinajstić information content (AvgIpc) is 2.46. The molecule has 0 N–H and O–H groups in total. The summed E-state index contributed by atoms with van der Waals surface area (Å²) in [4.78, 5) is 14.7. The molecule has 0 bridgehead atoms. The minimum atomic E-state index is 0.255. The number of Topliss-reactive ketones (excluding diaryl/α,β-unsaturated/α-hetero) is 1. The molecule has 2 rings (SSSR count). The Kier molecular flexibility index (Phi) is 5.63. The van der Waals surface area contributed by atoms with Crippen LogP contribution >= 0.6 is 0 Å². The molecule has 3 nitrogen and oxygen atoms in total. The number of morpholine rings is 1. The molecule has 1 aliphatic heterocycles. The van der Waals surface area contributed by atoms with E-state index in [0.29, 0.717) is 12.3 Å². The molecule has 1 aromatic rings. The zero-order valence-electron chi connectivity index (χ0n) is 14.4. The number of anilines is 1. The summed E-state index contributed by atoms with van der Waals surface area (Å²) >= 11 is 0. The number of ketones is 1. The van der Waals surface area contributed by atoms with Gasteiger partial charge in [0, 0.05) is 30.8 Å². The van der Waals surface area contributed by atoms with Gasteiger partial charge in [0.1, 0.15) is 0 Å². The lowest BCUT2D eigenvalue weighted by Crippen LogP contribution is -2.36. The third-order valence-electron chi connectivity index (χ3n) is 4.06. The van der Waals surface area contributed by atoms with Gasteiger partial charge in [-0.3, -0.25) is 4.79 Å². The van der Waals surface area contributed by atoms with Crippen LogP contribution < -0.4 is 4.90 Å². The smallest absolute Gasteiger partial charge is 0.163 e. The number of benzene rings is 1. The molecular formula is C19H29NO2. The SMILES string of the molecule is CC(CC(=O)c1ccc(N2CCOCC2)cc1)CC(C)(C)C. The Morgan fingerprint density at radius 2 is 1.77 bits per heavy atom. The second-order valence-electron chi connectivity index (χ2n) is 7.64. The van der Waals surface area contributed by atoms with Crippen molar-refractivity contribution in [3.8, 4) is 0 Å². The fraction of sp³-hybridized carbons (Fsp3) is 0.632. The first-order valence-electron chi connectivity index (χ1n) is 8.31. The van der Waals surface area contributed by atoms with Crippen molar-refractivity contribution in [1.29, 1.82) is 0 Å². The normalized spacial score (nSPS) is 17.4. The van der Waals surface area contributed by atoms with Crippen LogP contribution in [0.3, 0.4) is 0 Å². The molecule has 1 fully saturated rings. The van der Waals surface area contributed by atoms with E-state index in [2.05, 4.69) is 44.7 Å². The highest BCUT2D eigenvalue weighted by Gasteiger charge is 2.19. The Bertz CT molecular complexity index is 481. The predicted molar refractivity (Wildman–Crippen MR) is 91.7 cm³/mol. The Morgan fingerprint density at radius 3 is 2.32 bits per heavy atom. The van der Waals surface area contributed by atoms with E-state index in [-0.39, 0.29) is 11.2 Å². The summed E-state index contributed by atoms with van der Waals surface area (Å²) in [5, 5.41) is 0. The van der Waals surface area contributed by atoms with E-state index in [9.17, 15) is 4.79 Å². The van der Waals surface area contributed by atoms with Gasteiger partial charge >= 0.3 is 0 Å². The molecule has 1 heterocycles. The van der Waals surface area contributed by atoms with Gasteiger partial charge in [-0.2, -0.15) is 0 Å². The molecule has 0 aliphatic carbocycles. The summed E-state index contributed by atoms with van der Waals surface area (Å²) in [5.41, 5.74) is 2.29. The van der Waals surface area contributed by atoms with Gasteiger partial charge in [-0.15, -0.1) is 0 Å². The summed E-state index contributed by atoms with van der Waals surface area (Å²) in [6, 6.07) is 8.06. The molecule has 0 aromatic heterocycles. The number of ether oxygens (including phenoxy) is 1. The van der Waals surface area contributed by atoms with Gasteiger partial charge in [-0.05, 0) is 42.0 Å². The highest BCUT2D eigenvalue weighted by Crippen LogP contribution is 2.27. The third kappa shape index (κ3) is 5.13. The molecule has 1 aliphatic rings. The molecule has 0 radical (unpaired) electrons. The maximum absolute atomic E-state index is 12.4. The number of carbonyl (C=O) groups is 1. The highest BCUT2D eigenvalue weighted by molar-refractivity contribution is 5.96. The van der Waals surface area contributed by atoms with E-state index >= 15 is 0 Å². The maximum atomic E-state index is 12.4. The van der Waals surface area contributed by atoms with E-state index in [1.807, 2.05) is 12.1 Å². The lowest BCUT2D eigenvalue weighted by atomic mass is 9.83. The Morgan fingerprint density at radius 1 is 1.18 bits per heavy atom. The van der Waals surface area contributed by atoms with Crippen molar-refractivity contribution in [2.24, 2.45) is 11.3 Å². The van der Waals surface area contributed by atoms with Crippen LogP contribution in [0.25, 0.3) is 0 Å². The second-order valence-corrected chi connectivity index (χ2v) is 7.64. The molecule has 122 valence electrons. The lowest BCUT2D eigenvalue weighted by Gasteiger charge is -2.29. The first kappa shape index (κ1) is 17.0. The summed E-state index contributed by atoms with van der Waals surface area (Å²) in [6.45, 7) is 12.3. The van der Waals surface area contributed by atoms with E-state index in [4.69, 9.17) is 4.74 Å². The topological polar surface area (TPSA) is 29.5 Å². The van der Waals surface area contributed by atoms with Crippen LogP contribution in [0.1, 0.15) is 50.9 Å². The lowest BCUT2D eigenvalue weighted by molar-refractivity contribution is 0.0954. The summed E-state index contributed by atoms with van der Waals surface area (Å²) < 4.78 is 5.37. The van der Waals surface area contributed by atoms with Crippen molar-refractivity contribution in [1.82, 2.24) is 0 Å². The van der Waals surface area contributed by atoms with Gasteiger partial charge in [0.15, 0.2) is 5.78 Å². The fourth-order valence-electron chi connectivity index (χ4n) is 3.23. The number of hydrogen-bond donors (Lipinski definition) is 0. The third-order valence-corrected chi connectivity index (χ3v) is 4.06. The molecule has 1 aromatic carbocycles. The van der Waals surface area contributed by atoms with Crippen molar-refractivity contribution in [2.45, 2.75) is 40.5 Å². The van der Waals surface area contributed by atoms with Crippen LogP contribution in [-0.4, -0.2) is 32.1 Å². The second kappa shape index (κ2) is 7.28. The van der Waals surface area contributed by atoms with Crippen molar-refractivity contribution < 1.29 is 9.53 Å². The number of rotatable bonds is 5. The van der Waals surface area contributed by atoms with Crippen LogP contribution in [0.2, 0.25) is 0 Å². The molecule has 1 saturated heterocycles. The molecule has 0 spiro atoms. The van der Waals surface area contributed by atoms with Gasteiger partial charge in [0.05, 0.1) is 13.2 Å². The van der Waals surface area contributed by atoms with E-state index in [1.165, 1.54) is 5.69 Å². The molecule has 1 atom stereocenters. The summed E-state index contributed by atoms with van der Waals surface area (Å²) in [7, 11) is 0. The van der Waals surface area contributed by atoms with Gasteiger partial charge < -0.3 is 9.64 Å². The van der Waals surface area contributed by atoms with E-state index in [1.54, 1.807) is 0 Å². The monoisotopic (exact) mass is 303 g/mol. The standard InChI is InChI=1S/C19H29NO2/c1-15(14-19(2,3)4)13-18(21)16-5-7-17(8-6-16)20-9-11-22-12-10-20/h5-8,15H,9-14H2,1-4H3. The molecular weight excluding hydrogens is 274 g/mol. The predicted octanol–water partition coefficient (Wildman–Crippen LogP) is 4.17. The fourth-order valence-corrected chi connectivity index (χ4v) is 3.23. The van der Waals surface area contributed by atoms with Crippen LogP contribution in [0.15, 0.2) is 24.3 Å². The highest BCUT2D eigenvalue weighted by atomic mass is 16.5. The van der Waals surface area contributed by atoms with Gasteiger partial charge in [0.25, 0.3) is 0 Å². The van der Waals surface area contributed by atoms with E-state index in [0.717, 1.165) is 38.3 Å². The molecule has 0 saturated carbocycles. The first-order chi connectivity index (χ1) is 10.3. The van der Waals surface area contributed by atoms with Gasteiger partial charge in [-0.1, -0.05) is 27.7 Å². The van der Waals surface area contributed by atoms with Gasteiger partial charge in [0.2, 0.25) is 0 Å². The van der Waals surface area contributed by atoms with E-state index < -0.39 is 0 Å². The van der Waals surface area contributed by atoms with Crippen LogP contribution in [0, 0.1) is 11.3 Å². The average molecular weight is 303 g/mol. The zero-order chi connectivity index (χ0) is 16.2. The molecule has 3 heteroatoms. The Hall–Kier alpha value is -1.35. The van der Waals surface area contributed by atoms with Crippen LogP contribution in [0.4, 0.5) is 5.69 Å². The van der Waals surface area contributed by atoms with Crippen LogP contribution in [-0.2, 0) is 4.74 Å². The van der Waals surface area contributed by atoms with Crippen LogP contribution in [0.5, 0.6) is 0 Å². The largest absolute Gasteiger partial charge is 0.378 e. The molecule has 1 unspecified atom stereocenters.